The van der Waals surface area contributed by atoms with Gasteiger partial charge in [-0.15, -0.1) is 0 Å². The molecule has 2 aromatic heterocycles. The largest absolute Gasteiger partial charge is 0.314 e. The second kappa shape index (κ2) is 4.88. The van der Waals surface area contributed by atoms with Crippen LogP contribution in [0, 0.1) is 6.92 Å². The van der Waals surface area contributed by atoms with Crippen LogP contribution in [0.15, 0.2) is 29.3 Å². The number of pyridine rings is 1. The molecule has 0 aromatic carbocycles. The molecule has 17 heavy (non-hydrogen) atoms. The fourth-order valence-corrected chi connectivity index (χ4v) is 1.62. The quantitative estimate of drug-likeness (QED) is 0.820. The average molecular weight is 230 g/mol. The number of nitrogens with one attached hydrogen (secondary N) is 2. The lowest BCUT2D eigenvalue weighted by Crippen LogP contribution is -2.15. The summed E-state index contributed by atoms with van der Waals surface area (Å²) in [4.78, 5) is 22.7. The molecule has 0 saturated heterocycles. The van der Waals surface area contributed by atoms with E-state index in [9.17, 15) is 4.79 Å². The van der Waals surface area contributed by atoms with Gasteiger partial charge in [0.2, 0.25) is 0 Å². The van der Waals surface area contributed by atoms with Crippen molar-refractivity contribution in [3.05, 3.63) is 46.1 Å². The van der Waals surface area contributed by atoms with E-state index in [2.05, 4.69) is 20.3 Å². The van der Waals surface area contributed by atoms with Gasteiger partial charge in [0.15, 0.2) is 0 Å². The molecule has 0 aliphatic heterocycles. The minimum atomic E-state index is -0.150. The van der Waals surface area contributed by atoms with Crippen LogP contribution < -0.4 is 10.9 Å². The molecule has 0 fully saturated rings. The molecule has 0 unspecified atom stereocenters. The lowest BCUT2D eigenvalue weighted by atomic mass is 10.1. The Kier molecular flexibility index (Phi) is 3.30. The van der Waals surface area contributed by atoms with E-state index in [1.807, 2.05) is 20.0 Å². The molecule has 88 valence electrons. The van der Waals surface area contributed by atoms with Crippen LogP contribution in [0.1, 0.15) is 11.3 Å². The van der Waals surface area contributed by atoms with E-state index in [1.165, 1.54) is 6.07 Å². The summed E-state index contributed by atoms with van der Waals surface area (Å²) >= 11 is 0. The Morgan fingerprint density at radius 2 is 2.29 bits per heavy atom. The Hall–Kier alpha value is -2.01. The van der Waals surface area contributed by atoms with Gasteiger partial charge in [-0.2, -0.15) is 0 Å². The SMILES string of the molecule is CNCc1cc(=O)[nH]c(-c2cnccc2C)n1. The summed E-state index contributed by atoms with van der Waals surface area (Å²) in [6.45, 7) is 2.53. The van der Waals surface area contributed by atoms with Crippen molar-refractivity contribution in [3.63, 3.8) is 0 Å². The molecule has 2 heterocycles. The molecular weight excluding hydrogens is 216 g/mol. The number of H-pyrrole nitrogens is 1. The number of hydrogen-bond donors (Lipinski definition) is 2. The molecule has 2 N–H and O–H groups in total. The zero-order chi connectivity index (χ0) is 12.3. The van der Waals surface area contributed by atoms with Gasteiger partial charge < -0.3 is 10.3 Å². The summed E-state index contributed by atoms with van der Waals surface area (Å²) in [6, 6.07) is 3.38. The van der Waals surface area contributed by atoms with Crippen LogP contribution in [0.3, 0.4) is 0 Å². The fourth-order valence-electron chi connectivity index (χ4n) is 1.62. The molecule has 2 aromatic rings. The average Bonchev–Trinajstić information content (AvgIpc) is 2.29. The van der Waals surface area contributed by atoms with Gasteiger partial charge in [-0.1, -0.05) is 0 Å². The Bertz CT molecular complexity index is 577. The van der Waals surface area contributed by atoms with Crippen LogP contribution in [0.2, 0.25) is 0 Å². The number of aromatic amines is 1. The highest BCUT2D eigenvalue weighted by atomic mass is 16.1. The van der Waals surface area contributed by atoms with Crippen LogP contribution in [-0.4, -0.2) is 22.0 Å². The monoisotopic (exact) mass is 230 g/mol. The highest BCUT2D eigenvalue weighted by molar-refractivity contribution is 5.57. The maximum Gasteiger partial charge on any atom is 0.251 e. The molecule has 0 aliphatic carbocycles. The first kappa shape index (κ1) is 11.5. The summed E-state index contributed by atoms with van der Waals surface area (Å²) in [5.41, 5.74) is 2.45. The third-order valence-electron chi connectivity index (χ3n) is 2.45. The minimum Gasteiger partial charge on any atom is -0.314 e. The Morgan fingerprint density at radius 1 is 1.47 bits per heavy atom. The van der Waals surface area contributed by atoms with Gasteiger partial charge in [-0.3, -0.25) is 9.78 Å². The van der Waals surface area contributed by atoms with Crippen LogP contribution in [0.4, 0.5) is 0 Å². The summed E-state index contributed by atoms with van der Waals surface area (Å²) in [6.07, 6.45) is 3.42. The van der Waals surface area contributed by atoms with Gasteiger partial charge in [0.1, 0.15) is 5.82 Å². The van der Waals surface area contributed by atoms with Gasteiger partial charge in [0.25, 0.3) is 5.56 Å². The molecular formula is C12H14N4O. The van der Waals surface area contributed by atoms with E-state index in [4.69, 9.17) is 0 Å². The standard InChI is InChI=1S/C12H14N4O/c1-8-3-4-14-7-10(8)12-15-9(6-13-2)5-11(17)16-12/h3-5,7,13H,6H2,1-2H3,(H,15,16,17). The van der Waals surface area contributed by atoms with Gasteiger partial charge in [0.05, 0.1) is 5.69 Å². The van der Waals surface area contributed by atoms with Crippen molar-refractivity contribution >= 4 is 0 Å². The summed E-state index contributed by atoms with van der Waals surface area (Å²) in [5, 5.41) is 2.97. The number of rotatable bonds is 3. The van der Waals surface area contributed by atoms with Crippen molar-refractivity contribution < 1.29 is 0 Å². The highest BCUT2D eigenvalue weighted by Crippen LogP contribution is 2.16. The predicted molar refractivity (Wildman–Crippen MR) is 65.6 cm³/mol. The molecule has 0 amide bonds. The third-order valence-corrected chi connectivity index (χ3v) is 2.45. The molecule has 5 heteroatoms. The minimum absolute atomic E-state index is 0.150. The first-order valence-electron chi connectivity index (χ1n) is 5.36. The molecule has 0 atom stereocenters. The Morgan fingerprint density at radius 3 is 3.00 bits per heavy atom. The molecule has 0 radical (unpaired) electrons. The topological polar surface area (TPSA) is 70.7 Å². The zero-order valence-corrected chi connectivity index (χ0v) is 9.82. The summed E-state index contributed by atoms with van der Waals surface area (Å²) < 4.78 is 0. The van der Waals surface area contributed by atoms with Crippen LogP contribution in [-0.2, 0) is 6.54 Å². The first-order valence-corrected chi connectivity index (χ1v) is 5.36. The molecule has 0 spiro atoms. The van der Waals surface area contributed by atoms with Gasteiger partial charge in [0, 0.05) is 30.6 Å². The number of aryl methyl sites for hydroxylation is 1. The summed E-state index contributed by atoms with van der Waals surface area (Å²) in [5.74, 6) is 0.563. The molecule has 0 bridgehead atoms. The van der Waals surface area contributed by atoms with Crippen molar-refractivity contribution in [2.24, 2.45) is 0 Å². The van der Waals surface area contributed by atoms with Crippen molar-refractivity contribution in [2.75, 3.05) is 7.05 Å². The van der Waals surface area contributed by atoms with Crippen molar-refractivity contribution in [1.82, 2.24) is 20.3 Å². The Balaban J connectivity index is 2.52. The maximum atomic E-state index is 11.5. The van der Waals surface area contributed by atoms with Crippen LogP contribution >= 0.6 is 0 Å². The zero-order valence-electron chi connectivity index (χ0n) is 9.82. The van der Waals surface area contributed by atoms with E-state index < -0.39 is 0 Å². The van der Waals surface area contributed by atoms with Gasteiger partial charge in [-0.05, 0) is 25.6 Å². The van der Waals surface area contributed by atoms with Gasteiger partial charge in [-0.25, -0.2) is 4.98 Å². The lowest BCUT2D eigenvalue weighted by molar-refractivity contribution is 0.785. The number of nitrogens with zero attached hydrogens (tertiary/aromatic N) is 2. The van der Waals surface area contributed by atoms with E-state index in [1.54, 1.807) is 12.4 Å². The normalized spacial score (nSPS) is 10.5. The van der Waals surface area contributed by atoms with E-state index in [-0.39, 0.29) is 5.56 Å². The second-order valence-corrected chi connectivity index (χ2v) is 3.81. The number of aromatic nitrogens is 3. The van der Waals surface area contributed by atoms with E-state index in [0.29, 0.717) is 12.4 Å². The predicted octanol–water partition coefficient (Wildman–Crippen LogP) is 0.860. The molecule has 2 rings (SSSR count). The first-order chi connectivity index (χ1) is 8.20. The van der Waals surface area contributed by atoms with E-state index >= 15 is 0 Å². The van der Waals surface area contributed by atoms with Crippen molar-refractivity contribution in [3.8, 4) is 11.4 Å². The lowest BCUT2D eigenvalue weighted by Gasteiger charge is -2.06. The molecule has 5 nitrogen and oxygen atoms in total. The van der Waals surface area contributed by atoms with Crippen molar-refractivity contribution in [1.29, 1.82) is 0 Å². The third kappa shape index (κ3) is 2.57. The van der Waals surface area contributed by atoms with Crippen molar-refractivity contribution in [2.45, 2.75) is 13.5 Å². The maximum absolute atomic E-state index is 11.5. The van der Waals surface area contributed by atoms with Gasteiger partial charge >= 0.3 is 0 Å². The summed E-state index contributed by atoms with van der Waals surface area (Å²) in [7, 11) is 1.82. The van der Waals surface area contributed by atoms with E-state index in [0.717, 1.165) is 16.8 Å². The Labute approximate surface area is 99.0 Å². The molecule has 0 aliphatic rings. The van der Waals surface area contributed by atoms with Crippen LogP contribution in [0.5, 0.6) is 0 Å². The van der Waals surface area contributed by atoms with Crippen LogP contribution in [0.25, 0.3) is 11.4 Å². The smallest absolute Gasteiger partial charge is 0.251 e. The fraction of sp³-hybridized carbons (Fsp3) is 0.250. The second-order valence-electron chi connectivity index (χ2n) is 3.81. The molecule has 0 saturated carbocycles. The number of hydrogen-bond acceptors (Lipinski definition) is 4. The highest BCUT2D eigenvalue weighted by Gasteiger charge is 2.06.